The Balaban J connectivity index is 1.67. The van der Waals surface area contributed by atoms with Crippen molar-refractivity contribution in [2.45, 2.75) is 77.8 Å². The van der Waals surface area contributed by atoms with E-state index < -0.39 is 41.4 Å². The second kappa shape index (κ2) is 12.9. The number of alkyl halides is 4. The van der Waals surface area contributed by atoms with Gasteiger partial charge >= 0.3 is 6.18 Å². The number of imidazole rings is 1. The number of halogens is 7. The van der Waals surface area contributed by atoms with Crippen LogP contribution in [0.25, 0.3) is 11.0 Å². The molecule has 0 spiro atoms. The minimum atomic E-state index is -4.35. The maximum atomic E-state index is 16.5. The second-order valence-corrected chi connectivity index (χ2v) is 14.1. The van der Waals surface area contributed by atoms with E-state index in [2.05, 4.69) is 10.3 Å². The summed E-state index contributed by atoms with van der Waals surface area (Å²) >= 11 is 13.7. The Kier molecular flexibility index (Phi) is 9.64. The summed E-state index contributed by atoms with van der Waals surface area (Å²) in [6.45, 7) is 5.38. The third-order valence-corrected chi connectivity index (χ3v) is 9.74. The Morgan fingerprint density at radius 3 is 2.32 bits per heavy atom. The Labute approximate surface area is 279 Å². The molecule has 1 saturated heterocycles. The number of amides is 2. The van der Waals surface area contributed by atoms with Crippen LogP contribution in [-0.4, -0.2) is 52.8 Å². The summed E-state index contributed by atoms with van der Waals surface area (Å²) in [6, 6.07) is 3.97. The van der Waals surface area contributed by atoms with Gasteiger partial charge in [0.05, 0.1) is 38.4 Å². The average Bonchev–Trinajstić information content (AvgIpc) is 3.56. The quantitative estimate of drug-likeness (QED) is 0.248. The predicted molar refractivity (Wildman–Crippen MR) is 173 cm³/mol. The number of carbonyl (C=O) groups is 2. The highest BCUT2D eigenvalue weighted by molar-refractivity contribution is 6.40. The van der Waals surface area contributed by atoms with E-state index in [-0.39, 0.29) is 102 Å². The lowest BCUT2D eigenvalue weighted by molar-refractivity contribution is -0.182. The van der Waals surface area contributed by atoms with Crippen LogP contribution in [-0.2, 0) is 18.4 Å². The average molecular weight is 704 g/mol. The molecule has 1 aliphatic heterocycles. The zero-order valence-corrected chi connectivity index (χ0v) is 28.0. The van der Waals surface area contributed by atoms with E-state index in [0.29, 0.717) is 5.56 Å². The Morgan fingerprint density at radius 2 is 1.77 bits per heavy atom. The Morgan fingerprint density at radius 1 is 1.11 bits per heavy atom. The molecule has 47 heavy (non-hydrogen) atoms. The maximum absolute atomic E-state index is 16.5. The third kappa shape index (κ3) is 6.83. The van der Waals surface area contributed by atoms with Gasteiger partial charge in [-0.3, -0.25) is 9.59 Å². The number of nitrogens with zero attached hydrogens (tertiary/aromatic N) is 4. The van der Waals surface area contributed by atoms with E-state index in [9.17, 15) is 27.2 Å². The number of aryl methyl sites for hydroxylation is 1. The lowest BCUT2D eigenvalue weighted by Gasteiger charge is -2.39. The SMILES string of the molecule is Cn1c(N(c2c(Cl)ccc(CNC(=O)C(C)(C)C)c2Cl)C2CCC(C(F)(F)F)CC2)nc2cc(C(N)=O)c(N3CC[C@@H](F)C3)c(F)c21. The van der Waals surface area contributed by atoms with Crippen molar-refractivity contribution in [1.82, 2.24) is 14.9 Å². The van der Waals surface area contributed by atoms with E-state index in [0.717, 1.165) is 0 Å². The first kappa shape index (κ1) is 35.0. The third-order valence-electron chi connectivity index (χ3n) is 9.01. The number of aromatic nitrogens is 2. The fourth-order valence-electron chi connectivity index (χ4n) is 6.42. The van der Waals surface area contributed by atoms with Crippen LogP contribution in [0.4, 0.5) is 39.3 Å². The van der Waals surface area contributed by atoms with E-state index in [1.165, 1.54) is 22.6 Å². The van der Waals surface area contributed by atoms with Crippen LogP contribution in [0.3, 0.4) is 0 Å². The van der Waals surface area contributed by atoms with Crippen molar-refractivity contribution in [1.29, 1.82) is 0 Å². The Hall–Kier alpha value is -3.32. The lowest BCUT2D eigenvalue weighted by atomic mass is 9.84. The number of primary amides is 1. The van der Waals surface area contributed by atoms with Crippen LogP contribution in [0.2, 0.25) is 10.0 Å². The standard InChI is InChI=1S/C32H37Cl2F5N6O2/c1-31(2,3)29(47)41-14-16-5-10-21(33)26(23(16)34)45(19-8-6-17(7-9-19)32(37,38)39)30-42-22-13-20(28(40)46)25(24(36)27(22)43(30)4)44-12-11-18(35)15-44/h5,10,13,17-19H,6-9,11-12,14-15H2,1-4H3,(H2,40,46)(H,41,47)/t17?,18-,19?/m1/s1. The molecule has 1 atom stereocenters. The van der Waals surface area contributed by atoms with Crippen molar-refractivity contribution < 1.29 is 31.5 Å². The summed E-state index contributed by atoms with van der Waals surface area (Å²) < 4.78 is 73.0. The molecule has 1 aliphatic carbocycles. The van der Waals surface area contributed by atoms with Gasteiger partial charge in [0.25, 0.3) is 5.91 Å². The first-order valence-electron chi connectivity index (χ1n) is 15.4. The monoisotopic (exact) mass is 702 g/mol. The first-order chi connectivity index (χ1) is 21.9. The number of anilines is 3. The minimum absolute atomic E-state index is 0.0166. The van der Waals surface area contributed by atoms with Crippen molar-refractivity contribution in [3.63, 3.8) is 0 Å². The molecule has 8 nitrogen and oxygen atoms in total. The molecule has 3 aromatic rings. The topological polar surface area (TPSA) is 96.5 Å². The molecule has 2 amide bonds. The zero-order chi connectivity index (χ0) is 34.6. The molecular weight excluding hydrogens is 666 g/mol. The van der Waals surface area contributed by atoms with Gasteiger partial charge in [0, 0.05) is 38.1 Å². The lowest BCUT2D eigenvalue weighted by Crippen LogP contribution is -2.39. The van der Waals surface area contributed by atoms with Crippen molar-refractivity contribution >= 4 is 63.4 Å². The summed E-state index contributed by atoms with van der Waals surface area (Å²) in [5, 5.41) is 3.15. The van der Waals surface area contributed by atoms with Crippen LogP contribution in [0.15, 0.2) is 18.2 Å². The highest BCUT2D eigenvalue weighted by Crippen LogP contribution is 2.47. The number of carbonyl (C=O) groups excluding carboxylic acids is 2. The smallest absolute Gasteiger partial charge is 0.366 e. The fourth-order valence-corrected chi connectivity index (χ4v) is 7.04. The molecule has 2 fully saturated rings. The van der Waals surface area contributed by atoms with Crippen LogP contribution in [0.1, 0.15) is 68.8 Å². The van der Waals surface area contributed by atoms with Crippen LogP contribution in [0, 0.1) is 17.2 Å². The van der Waals surface area contributed by atoms with Gasteiger partial charge in [0.15, 0.2) is 5.82 Å². The summed E-state index contributed by atoms with van der Waals surface area (Å²) in [6.07, 6.45) is -5.53. The molecule has 5 rings (SSSR count). The van der Waals surface area contributed by atoms with Crippen LogP contribution >= 0.6 is 23.2 Å². The summed E-state index contributed by atoms with van der Waals surface area (Å²) in [5.74, 6) is -3.34. The maximum Gasteiger partial charge on any atom is 0.391 e. The number of hydrogen-bond acceptors (Lipinski definition) is 5. The molecule has 3 N–H and O–H groups in total. The number of nitrogens with two attached hydrogens (primary N) is 1. The highest BCUT2D eigenvalue weighted by Gasteiger charge is 2.44. The number of nitrogens with one attached hydrogen (secondary N) is 1. The molecule has 1 saturated carbocycles. The van der Waals surface area contributed by atoms with Crippen LogP contribution < -0.4 is 20.9 Å². The Bertz CT molecular complexity index is 1700. The largest absolute Gasteiger partial charge is 0.391 e. The number of hydrogen-bond donors (Lipinski definition) is 2. The molecule has 15 heteroatoms. The van der Waals surface area contributed by atoms with E-state index in [1.54, 1.807) is 37.8 Å². The van der Waals surface area contributed by atoms with Crippen molar-refractivity contribution in [2.75, 3.05) is 22.9 Å². The van der Waals surface area contributed by atoms with Gasteiger partial charge in [0.1, 0.15) is 11.7 Å². The highest BCUT2D eigenvalue weighted by atomic mass is 35.5. The van der Waals surface area contributed by atoms with Crippen molar-refractivity contribution in [3.8, 4) is 0 Å². The number of fused-ring (bicyclic) bond motifs is 1. The molecule has 0 radical (unpaired) electrons. The second-order valence-electron chi connectivity index (χ2n) is 13.3. The molecule has 0 unspecified atom stereocenters. The normalized spacial score (nSPS) is 20.6. The molecule has 0 bridgehead atoms. The fraction of sp³-hybridized carbons (Fsp3) is 0.531. The molecule has 2 heterocycles. The van der Waals surface area contributed by atoms with Gasteiger partial charge < -0.3 is 25.4 Å². The van der Waals surface area contributed by atoms with Gasteiger partial charge in [-0.15, -0.1) is 0 Å². The van der Waals surface area contributed by atoms with E-state index in [1.807, 2.05) is 0 Å². The number of rotatable bonds is 7. The zero-order valence-electron chi connectivity index (χ0n) is 26.4. The van der Waals surface area contributed by atoms with Gasteiger partial charge in [-0.25, -0.2) is 13.8 Å². The molecule has 1 aromatic heterocycles. The number of benzene rings is 2. The molecule has 256 valence electrons. The van der Waals surface area contributed by atoms with Gasteiger partial charge in [-0.1, -0.05) is 50.0 Å². The predicted octanol–water partition coefficient (Wildman–Crippen LogP) is 7.59. The van der Waals surface area contributed by atoms with Gasteiger partial charge in [-0.2, -0.15) is 13.2 Å². The molecule has 2 aliphatic rings. The minimum Gasteiger partial charge on any atom is -0.366 e. The van der Waals surface area contributed by atoms with Gasteiger partial charge in [-0.05, 0) is 49.8 Å². The summed E-state index contributed by atoms with van der Waals surface area (Å²) in [5.41, 5.74) is 5.44. The van der Waals surface area contributed by atoms with Gasteiger partial charge in [0.2, 0.25) is 11.9 Å². The van der Waals surface area contributed by atoms with Crippen molar-refractivity contribution in [2.24, 2.45) is 24.1 Å². The van der Waals surface area contributed by atoms with Crippen molar-refractivity contribution in [3.05, 3.63) is 45.2 Å². The van der Waals surface area contributed by atoms with Crippen LogP contribution in [0.5, 0.6) is 0 Å². The summed E-state index contributed by atoms with van der Waals surface area (Å²) in [4.78, 5) is 32.9. The molecular formula is C32H37Cl2F5N6O2. The summed E-state index contributed by atoms with van der Waals surface area (Å²) in [7, 11) is 1.53. The van der Waals surface area contributed by atoms with E-state index >= 15 is 4.39 Å². The van der Waals surface area contributed by atoms with E-state index in [4.69, 9.17) is 28.9 Å². The molecule has 2 aromatic carbocycles. The first-order valence-corrected chi connectivity index (χ1v) is 16.1.